The van der Waals surface area contributed by atoms with Crippen LogP contribution in [0, 0.1) is 17.8 Å². The number of carbonyl (C=O) groups excluding carboxylic acids is 1. The molecule has 1 fully saturated rings. The van der Waals surface area contributed by atoms with E-state index in [4.69, 9.17) is 0 Å². The van der Waals surface area contributed by atoms with Gasteiger partial charge in [0.1, 0.15) is 0 Å². The predicted molar refractivity (Wildman–Crippen MR) is 75.3 cm³/mol. The largest absolute Gasteiger partial charge is 0.481 e. The lowest BCUT2D eigenvalue weighted by Crippen LogP contribution is -2.36. The first-order valence-electron chi connectivity index (χ1n) is 6.95. The van der Waals surface area contributed by atoms with Gasteiger partial charge in [0.15, 0.2) is 0 Å². The van der Waals surface area contributed by atoms with Gasteiger partial charge < -0.3 is 10.0 Å². The van der Waals surface area contributed by atoms with E-state index in [-0.39, 0.29) is 5.91 Å². The van der Waals surface area contributed by atoms with Crippen LogP contribution in [0.15, 0.2) is 24.5 Å². The van der Waals surface area contributed by atoms with Gasteiger partial charge in [0.05, 0.1) is 11.8 Å². The molecule has 108 valence electrons. The first kappa shape index (κ1) is 14.5. The van der Waals surface area contributed by atoms with Crippen molar-refractivity contribution in [2.24, 2.45) is 17.8 Å². The molecule has 1 aliphatic rings. The molecule has 0 saturated heterocycles. The van der Waals surface area contributed by atoms with E-state index < -0.39 is 17.8 Å². The average molecular weight is 276 g/mol. The van der Waals surface area contributed by atoms with Crippen LogP contribution >= 0.6 is 0 Å². The molecule has 0 aliphatic heterocycles. The average Bonchev–Trinajstić information content (AvgIpc) is 2.91. The summed E-state index contributed by atoms with van der Waals surface area (Å²) in [6.45, 7) is 2.04. The Morgan fingerprint density at radius 1 is 1.30 bits per heavy atom. The van der Waals surface area contributed by atoms with Crippen LogP contribution in [0.4, 0.5) is 5.69 Å². The molecule has 3 atom stereocenters. The van der Waals surface area contributed by atoms with Crippen LogP contribution in [0.2, 0.25) is 0 Å². The Kier molecular flexibility index (Phi) is 4.37. The van der Waals surface area contributed by atoms with Crippen molar-refractivity contribution >= 4 is 17.6 Å². The quantitative estimate of drug-likeness (QED) is 0.915. The molecule has 20 heavy (non-hydrogen) atoms. The van der Waals surface area contributed by atoms with Gasteiger partial charge in [-0.3, -0.25) is 14.6 Å². The van der Waals surface area contributed by atoms with E-state index in [9.17, 15) is 14.7 Å². The van der Waals surface area contributed by atoms with Gasteiger partial charge in [-0.2, -0.15) is 0 Å². The number of carboxylic acids is 1. The maximum absolute atomic E-state index is 12.6. The molecule has 1 aromatic rings. The van der Waals surface area contributed by atoms with Gasteiger partial charge in [0.2, 0.25) is 5.91 Å². The highest BCUT2D eigenvalue weighted by Crippen LogP contribution is 2.39. The first-order chi connectivity index (χ1) is 9.54. The number of carboxylic acid groups (broad SMARTS) is 1. The van der Waals surface area contributed by atoms with Crippen molar-refractivity contribution in [1.29, 1.82) is 0 Å². The van der Waals surface area contributed by atoms with Gasteiger partial charge in [-0.05, 0) is 30.9 Å². The van der Waals surface area contributed by atoms with E-state index in [0.29, 0.717) is 18.8 Å². The standard InChI is InChI=1S/C15H20N2O3/c1-3-10-8-12(13(9-10)15(19)20)14(18)17(2)11-4-6-16-7-5-11/h4-7,10,12-13H,3,8-9H2,1-2H3,(H,19,20). The fraction of sp³-hybridized carbons (Fsp3) is 0.533. The minimum atomic E-state index is -0.859. The van der Waals surface area contributed by atoms with Gasteiger partial charge in [-0.25, -0.2) is 0 Å². The third kappa shape index (κ3) is 2.81. The number of carbonyl (C=O) groups is 2. The highest BCUT2D eigenvalue weighted by molar-refractivity contribution is 5.97. The molecular weight excluding hydrogens is 256 g/mol. The highest BCUT2D eigenvalue weighted by atomic mass is 16.4. The minimum Gasteiger partial charge on any atom is -0.481 e. The molecule has 1 saturated carbocycles. The van der Waals surface area contributed by atoms with Crippen LogP contribution in [0.25, 0.3) is 0 Å². The monoisotopic (exact) mass is 276 g/mol. The molecule has 1 heterocycles. The molecule has 0 bridgehead atoms. The Bertz CT molecular complexity index is 489. The van der Waals surface area contributed by atoms with Gasteiger partial charge >= 0.3 is 5.97 Å². The Labute approximate surface area is 118 Å². The summed E-state index contributed by atoms with van der Waals surface area (Å²) in [6.07, 6.45) is 5.44. The number of amides is 1. The number of nitrogens with zero attached hydrogens (tertiary/aromatic N) is 2. The molecule has 1 aliphatic carbocycles. The smallest absolute Gasteiger partial charge is 0.307 e. The Balaban J connectivity index is 2.17. The van der Waals surface area contributed by atoms with Crippen molar-refractivity contribution in [3.63, 3.8) is 0 Å². The van der Waals surface area contributed by atoms with Crippen LogP contribution in [0.1, 0.15) is 26.2 Å². The Morgan fingerprint density at radius 2 is 1.90 bits per heavy atom. The zero-order valence-electron chi connectivity index (χ0n) is 11.8. The zero-order chi connectivity index (χ0) is 14.7. The molecule has 0 spiro atoms. The molecule has 2 rings (SSSR count). The third-order valence-corrected chi connectivity index (χ3v) is 4.25. The first-order valence-corrected chi connectivity index (χ1v) is 6.95. The second-order valence-electron chi connectivity index (χ2n) is 5.40. The van der Waals surface area contributed by atoms with E-state index in [0.717, 1.165) is 12.1 Å². The lowest BCUT2D eigenvalue weighted by molar-refractivity contribution is -0.145. The van der Waals surface area contributed by atoms with Crippen molar-refractivity contribution in [2.45, 2.75) is 26.2 Å². The summed E-state index contributed by atoms with van der Waals surface area (Å²) in [5.41, 5.74) is 0.745. The van der Waals surface area contributed by atoms with Crippen LogP contribution < -0.4 is 4.90 Å². The molecule has 5 heteroatoms. The lowest BCUT2D eigenvalue weighted by atomic mass is 9.95. The summed E-state index contributed by atoms with van der Waals surface area (Å²) in [5.74, 6) is -1.62. The molecule has 1 amide bonds. The summed E-state index contributed by atoms with van der Waals surface area (Å²) >= 11 is 0. The molecule has 5 nitrogen and oxygen atoms in total. The summed E-state index contributed by atoms with van der Waals surface area (Å²) < 4.78 is 0. The van der Waals surface area contributed by atoms with Crippen molar-refractivity contribution in [3.8, 4) is 0 Å². The number of aliphatic carboxylic acids is 1. The number of hydrogen-bond acceptors (Lipinski definition) is 3. The van der Waals surface area contributed by atoms with Gasteiger partial charge in [0.25, 0.3) is 0 Å². The molecule has 3 unspecified atom stereocenters. The van der Waals surface area contributed by atoms with Crippen LogP contribution in [-0.4, -0.2) is 29.0 Å². The lowest BCUT2D eigenvalue weighted by Gasteiger charge is -2.23. The molecule has 1 aromatic heterocycles. The van der Waals surface area contributed by atoms with E-state index >= 15 is 0 Å². The molecule has 1 N–H and O–H groups in total. The fourth-order valence-corrected chi connectivity index (χ4v) is 2.97. The summed E-state index contributed by atoms with van der Waals surface area (Å²) in [7, 11) is 1.69. The molecule has 0 radical (unpaired) electrons. The molecular formula is C15H20N2O3. The van der Waals surface area contributed by atoms with Crippen molar-refractivity contribution in [3.05, 3.63) is 24.5 Å². The van der Waals surface area contributed by atoms with Crippen LogP contribution in [0.5, 0.6) is 0 Å². The number of anilines is 1. The third-order valence-electron chi connectivity index (χ3n) is 4.25. The normalized spacial score (nSPS) is 25.4. The Hall–Kier alpha value is -1.91. The summed E-state index contributed by atoms with van der Waals surface area (Å²) in [6, 6.07) is 3.50. The number of hydrogen-bond donors (Lipinski definition) is 1. The predicted octanol–water partition coefficient (Wildman–Crippen LogP) is 2.18. The SMILES string of the molecule is CCC1CC(C(=O)O)C(C(=O)N(C)c2ccncc2)C1. The van der Waals surface area contributed by atoms with Crippen molar-refractivity contribution < 1.29 is 14.7 Å². The Morgan fingerprint density at radius 3 is 2.45 bits per heavy atom. The van der Waals surface area contributed by atoms with Gasteiger partial charge in [0, 0.05) is 25.1 Å². The number of pyridine rings is 1. The molecule has 0 aromatic carbocycles. The maximum Gasteiger partial charge on any atom is 0.307 e. The van der Waals surface area contributed by atoms with Gasteiger partial charge in [-0.15, -0.1) is 0 Å². The maximum atomic E-state index is 12.6. The summed E-state index contributed by atoms with van der Waals surface area (Å²) in [4.78, 5) is 29.4. The number of rotatable bonds is 4. The highest BCUT2D eigenvalue weighted by Gasteiger charge is 2.43. The number of aromatic nitrogens is 1. The second kappa shape index (κ2) is 6.03. The van der Waals surface area contributed by atoms with Crippen molar-refractivity contribution in [1.82, 2.24) is 4.98 Å². The van der Waals surface area contributed by atoms with E-state index in [1.54, 1.807) is 36.5 Å². The van der Waals surface area contributed by atoms with Gasteiger partial charge in [-0.1, -0.05) is 13.3 Å². The second-order valence-corrected chi connectivity index (χ2v) is 5.40. The van der Waals surface area contributed by atoms with Crippen LogP contribution in [0.3, 0.4) is 0 Å². The topological polar surface area (TPSA) is 70.5 Å². The van der Waals surface area contributed by atoms with E-state index in [1.807, 2.05) is 6.92 Å². The summed E-state index contributed by atoms with van der Waals surface area (Å²) in [5, 5.41) is 9.32. The zero-order valence-corrected chi connectivity index (χ0v) is 11.8. The van der Waals surface area contributed by atoms with E-state index in [2.05, 4.69) is 4.98 Å². The fourth-order valence-electron chi connectivity index (χ4n) is 2.97. The van der Waals surface area contributed by atoms with E-state index in [1.165, 1.54) is 0 Å². The van der Waals surface area contributed by atoms with Crippen molar-refractivity contribution in [2.75, 3.05) is 11.9 Å². The van der Waals surface area contributed by atoms with Crippen LogP contribution in [-0.2, 0) is 9.59 Å². The minimum absolute atomic E-state index is 0.112.